The van der Waals surface area contributed by atoms with Crippen molar-refractivity contribution in [2.24, 2.45) is 4.99 Å². The number of aliphatic hydroxyl groups is 1. The topological polar surface area (TPSA) is 80.2 Å². The Balaban J connectivity index is 2.33. The Morgan fingerprint density at radius 1 is 1.07 bits per heavy atom. The fourth-order valence-electron chi connectivity index (χ4n) is 2.44. The van der Waals surface area contributed by atoms with Gasteiger partial charge < -0.3 is 19.9 Å². The summed E-state index contributed by atoms with van der Waals surface area (Å²) in [6.45, 7) is 1.92. The molecule has 0 atom stereocenters. The third-order valence-corrected chi connectivity index (χ3v) is 3.82. The molecule has 0 aliphatic rings. The van der Waals surface area contributed by atoms with Crippen LogP contribution < -0.4 is 14.8 Å². The van der Waals surface area contributed by atoms with E-state index in [0.29, 0.717) is 35.7 Å². The molecule has 0 bridgehead atoms. The smallest absolute Gasteiger partial charge is 0.260 e. The molecule has 0 heterocycles. The summed E-state index contributed by atoms with van der Waals surface area (Å²) < 4.78 is 10.5. The molecule has 6 heteroatoms. The second-order valence-electron chi connectivity index (χ2n) is 5.69. The molecule has 0 unspecified atom stereocenters. The monoisotopic (exact) mass is 368 g/mol. The fourth-order valence-corrected chi connectivity index (χ4v) is 2.44. The number of nitrogens with zero attached hydrogens (tertiary/aromatic N) is 1. The summed E-state index contributed by atoms with van der Waals surface area (Å²) in [5.74, 6) is 0.614. The van der Waals surface area contributed by atoms with Gasteiger partial charge in [0.2, 0.25) is 0 Å². The maximum Gasteiger partial charge on any atom is 0.260 e. The van der Waals surface area contributed by atoms with Crippen molar-refractivity contribution >= 4 is 23.5 Å². The van der Waals surface area contributed by atoms with Crippen LogP contribution in [0.2, 0.25) is 0 Å². The third kappa shape index (κ3) is 5.34. The number of para-hydroxylation sites is 4. The molecule has 2 aromatic carbocycles. The van der Waals surface area contributed by atoms with Crippen molar-refractivity contribution in [2.75, 3.05) is 19.5 Å². The number of nitrogens with one attached hydrogen (secondary N) is 1. The average Bonchev–Trinajstić information content (AvgIpc) is 2.69. The normalized spacial score (nSPS) is 11.8. The predicted octanol–water partition coefficient (Wildman–Crippen LogP) is 4.66. The van der Waals surface area contributed by atoms with Gasteiger partial charge in [0, 0.05) is 12.6 Å². The summed E-state index contributed by atoms with van der Waals surface area (Å²) in [6, 6.07) is 14.3. The number of allylic oxidation sites excluding steroid dienone is 1. The molecule has 2 N–H and O–H groups in total. The van der Waals surface area contributed by atoms with Crippen molar-refractivity contribution in [3.63, 3.8) is 0 Å². The molecule has 2 aromatic rings. The Labute approximate surface area is 159 Å². The van der Waals surface area contributed by atoms with E-state index in [1.165, 1.54) is 13.3 Å². The Morgan fingerprint density at radius 2 is 1.70 bits per heavy atom. The van der Waals surface area contributed by atoms with E-state index in [0.717, 1.165) is 0 Å². The first-order chi connectivity index (χ1) is 13.1. The van der Waals surface area contributed by atoms with Crippen LogP contribution in [-0.4, -0.2) is 31.4 Å². The second kappa shape index (κ2) is 10.0. The molecule has 0 aliphatic carbocycles. The van der Waals surface area contributed by atoms with E-state index in [9.17, 15) is 9.90 Å². The van der Waals surface area contributed by atoms with Crippen LogP contribution in [0.5, 0.6) is 11.5 Å². The maximum atomic E-state index is 12.8. The highest BCUT2D eigenvalue weighted by Crippen LogP contribution is 2.27. The average molecular weight is 368 g/mol. The van der Waals surface area contributed by atoms with E-state index in [2.05, 4.69) is 10.3 Å². The van der Waals surface area contributed by atoms with Crippen LogP contribution in [-0.2, 0) is 4.79 Å². The number of hydrogen-bond acceptors (Lipinski definition) is 5. The molecule has 0 saturated heterocycles. The number of hydrogen-bond donors (Lipinski definition) is 2. The van der Waals surface area contributed by atoms with Gasteiger partial charge in [-0.15, -0.1) is 0 Å². The second-order valence-corrected chi connectivity index (χ2v) is 5.69. The molecule has 0 spiro atoms. The zero-order valence-corrected chi connectivity index (χ0v) is 15.7. The van der Waals surface area contributed by atoms with Gasteiger partial charge >= 0.3 is 0 Å². The highest BCUT2D eigenvalue weighted by atomic mass is 16.5. The van der Waals surface area contributed by atoms with E-state index in [4.69, 9.17) is 9.47 Å². The lowest BCUT2D eigenvalue weighted by Crippen LogP contribution is -2.18. The number of methoxy groups -OCH3 is 2. The largest absolute Gasteiger partial charge is 0.511 e. The van der Waals surface area contributed by atoms with Gasteiger partial charge in [0.25, 0.3) is 5.91 Å². The number of ether oxygens (including phenoxy) is 2. The molecular weight excluding hydrogens is 344 g/mol. The summed E-state index contributed by atoms with van der Waals surface area (Å²) in [4.78, 5) is 17.1. The van der Waals surface area contributed by atoms with Crippen LogP contribution >= 0.6 is 0 Å². The molecule has 2 rings (SSSR count). The standard InChI is InChI=1S/C21H24N2O4/c1-4-9-18(24)15(14-22-16-10-5-7-12-19(16)26-2)21(25)23-17-11-6-8-13-20(17)27-3/h5-8,10-14,24H,4,9H2,1-3H3,(H,23,25)/b18-15+,22-14?. The van der Waals surface area contributed by atoms with E-state index < -0.39 is 5.91 Å². The van der Waals surface area contributed by atoms with Gasteiger partial charge in [-0.25, -0.2) is 0 Å². The quantitative estimate of drug-likeness (QED) is 0.403. The molecule has 0 saturated carbocycles. The number of anilines is 1. The lowest BCUT2D eigenvalue weighted by Gasteiger charge is -2.11. The SMILES string of the molecule is CCC/C(O)=C(/C=Nc1ccccc1OC)C(=O)Nc1ccccc1OC. The van der Waals surface area contributed by atoms with E-state index in [1.807, 2.05) is 25.1 Å². The van der Waals surface area contributed by atoms with Gasteiger partial charge in [0.15, 0.2) is 0 Å². The number of benzene rings is 2. The lowest BCUT2D eigenvalue weighted by molar-refractivity contribution is -0.112. The van der Waals surface area contributed by atoms with Crippen molar-refractivity contribution in [3.8, 4) is 11.5 Å². The van der Waals surface area contributed by atoms with Gasteiger partial charge in [0.05, 0.1) is 25.5 Å². The van der Waals surface area contributed by atoms with Crippen molar-refractivity contribution in [1.82, 2.24) is 0 Å². The summed E-state index contributed by atoms with van der Waals surface area (Å²) in [7, 11) is 3.08. The van der Waals surface area contributed by atoms with Crippen LogP contribution in [0.4, 0.5) is 11.4 Å². The van der Waals surface area contributed by atoms with Crippen molar-refractivity contribution in [2.45, 2.75) is 19.8 Å². The Kier molecular flexibility index (Phi) is 7.43. The maximum absolute atomic E-state index is 12.8. The minimum Gasteiger partial charge on any atom is -0.511 e. The van der Waals surface area contributed by atoms with Crippen LogP contribution in [0.25, 0.3) is 0 Å². The Bertz CT molecular complexity index is 844. The first kappa shape index (κ1) is 20.0. The van der Waals surface area contributed by atoms with Crippen LogP contribution in [0, 0.1) is 0 Å². The first-order valence-corrected chi connectivity index (χ1v) is 8.64. The van der Waals surface area contributed by atoms with Gasteiger partial charge in [0.1, 0.15) is 22.9 Å². The molecule has 1 amide bonds. The number of rotatable bonds is 8. The van der Waals surface area contributed by atoms with E-state index in [1.54, 1.807) is 37.4 Å². The molecule has 27 heavy (non-hydrogen) atoms. The number of carbonyl (C=O) groups is 1. The van der Waals surface area contributed by atoms with E-state index in [-0.39, 0.29) is 11.3 Å². The summed E-state index contributed by atoms with van der Waals surface area (Å²) in [6.07, 6.45) is 2.42. The van der Waals surface area contributed by atoms with Gasteiger partial charge in [-0.3, -0.25) is 9.79 Å². The Hall–Kier alpha value is -3.28. The molecule has 6 nitrogen and oxygen atoms in total. The Morgan fingerprint density at radius 3 is 2.37 bits per heavy atom. The molecule has 142 valence electrons. The minimum atomic E-state index is -0.468. The van der Waals surface area contributed by atoms with Crippen LogP contribution in [0.3, 0.4) is 0 Å². The van der Waals surface area contributed by atoms with E-state index >= 15 is 0 Å². The number of carbonyl (C=O) groups excluding carboxylic acids is 1. The molecular formula is C21H24N2O4. The lowest BCUT2D eigenvalue weighted by atomic mass is 10.1. The number of amides is 1. The number of aliphatic imine (C=N–C) groups is 1. The third-order valence-electron chi connectivity index (χ3n) is 3.82. The van der Waals surface area contributed by atoms with Crippen LogP contribution in [0.15, 0.2) is 64.9 Å². The molecule has 0 aromatic heterocycles. The fraction of sp³-hybridized carbons (Fsp3) is 0.238. The van der Waals surface area contributed by atoms with Crippen molar-refractivity contribution in [3.05, 3.63) is 59.9 Å². The zero-order chi connectivity index (χ0) is 19.6. The summed E-state index contributed by atoms with van der Waals surface area (Å²) >= 11 is 0. The summed E-state index contributed by atoms with van der Waals surface area (Å²) in [5.41, 5.74) is 1.16. The zero-order valence-electron chi connectivity index (χ0n) is 15.7. The molecule has 0 fully saturated rings. The van der Waals surface area contributed by atoms with Gasteiger partial charge in [-0.05, 0) is 30.7 Å². The minimum absolute atomic E-state index is 0.0245. The molecule has 0 aliphatic heterocycles. The van der Waals surface area contributed by atoms with Crippen molar-refractivity contribution < 1.29 is 19.4 Å². The van der Waals surface area contributed by atoms with Gasteiger partial charge in [-0.1, -0.05) is 31.2 Å². The van der Waals surface area contributed by atoms with Crippen LogP contribution in [0.1, 0.15) is 19.8 Å². The number of aliphatic hydroxyl groups excluding tert-OH is 1. The highest BCUT2D eigenvalue weighted by molar-refractivity contribution is 6.18. The van der Waals surface area contributed by atoms with Crippen molar-refractivity contribution in [1.29, 1.82) is 0 Å². The van der Waals surface area contributed by atoms with Gasteiger partial charge in [-0.2, -0.15) is 0 Å². The predicted molar refractivity (Wildman–Crippen MR) is 107 cm³/mol. The molecule has 0 radical (unpaired) electrons. The first-order valence-electron chi connectivity index (χ1n) is 8.64. The summed E-state index contributed by atoms with van der Waals surface area (Å²) in [5, 5.41) is 13.1. The highest BCUT2D eigenvalue weighted by Gasteiger charge is 2.15.